The normalized spacial score (nSPS) is 16.7. The molecule has 1 saturated carbocycles. The number of aryl methyl sites for hydroxylation is 1. The molecule has 1 aromatic heterocycles. The Labute approximate surface area is 128 Å². The van der Waals surface area contributed by atoms with Crippen molar-refractivity contribution in [2.75, 3.05) is 7.11 Å². The van der Waals surface area contributed by atoms with E-state index in [-0.39, 0.29) is 0 Å². The molecule has 1 aromatic carbocycles. The fourth-order valence-electron chi connectivity index (χ4n) is 2.35. The molecule has 0 spiro atoms. The lowest BCUT2D eigenvalue weighted by molar-refractivity contribution is 0.414. The Morgan fingerprint density at radius 3 is 2.29 bits per heavy atom. The van der Waals surface area contributed by atoms with E-state index in [1.807, 2.05) is 37.3 Å². The Kier molecular flexibility index (Phi) is 3.55. The first-order valence-electron chi connectivity index (χ1n) is 6.70. The van der Waals surface area contributed by atoms with E-state index in [2.05, 4.69) is 4.72 Å². The third-order valence-corrected chi connectivity index (χ3v) is 6.73. The molecule has 6 heteroatoms. The van der Waals surface area contributed by atoms with Crippen LogP contribution in [0.2, 0.25) is 0 Å². The number of ether oxygens (including phenoxy) is 1. The number of hydrogen-bond acceptors (Lipinski definition) is 4. The monoisotopic (exact) mass is 323 g/mol. The number of sulfonamides is 1. The highest BCUT2D eigenvalue weighted by atomic mass is 32.2. The average Bonchev–Trinajstić information content (AvgIpc) is 3.09. The van der Waals surface area contributed by atoms with Crippen molar-refractivity contribution in [3.63, 3.8) is 0 Å². The van der Waals surface area contributed by atoms with Crippen LogP contribution in [0, 0.1) is 6.92 Å². The third-order valence-electron chi connectivity index (χ3n) is 3.70. The molecule has 0 bridgehead atoms. The van der Waals surface area contributed by atoms with Crippen molar-refractivity contribution in [2.45, 2.75) is 29.5 Å². The predicted octanol–water partition coefficient (Wildman–Crippen LogP) is 3.03. The molecular formula is C15H17NO3S2. The van der Waals surface area contributed by atoms with Crippen molar-refractivity contribution >= 4 is 21.4 Å². The molecule has 0 unspecified atom stereocenters. The van der Waals surface area contributed by atoms with Gasteiger partial charge in [0.2, 0.25) is 0 Å². The van der Waals surface area contributed by atoms with Gasteiger partial charge in [0.25, 0.3) is 10.0 Å². The number of rotatable bonds is 5. The fourth-order valence-corrected chi connectivity index (χ4v) is 5.08. The van der Waals surface area contributed by atoms with Crippen LogP contribution in [0.25, 0.3) is 0 Å². The van der Waals surface area contributed by atoms with Gasteiger partial charge in [0.1, 0.15) is 9.96 Å². The van der Waals surface area contributed by atoms with Crippen molar-refractivity contribution in [3.8, 4) is 5.75 Å². The number of hydrogen-bond donors (Lipinski definition) is 1. The van der Waals surface area contributed by atoms with Crippen LogP contribution in [0.3, 0.4) is 0 Å². The Morgan fingerprint density at radius 2 is 1.81 bits per heavy atom. The molecule has 1 N–H and O–H groups in total. The minimum Gasteiger partial charge on any atom is -0.497 e. The summed E-state index contributed by atoms with van der Waals surface area (Å²) in [5.74, 6) is 0.770. The van der Waals surface area contributed by atoms with E-state index in [0.717, 1.165) is 29.0 Å². The van der Waals surface area contributed by atoms with Crippen LogP contribution >= 0.6 is 11.3 Å². The second-order valence-corrected chi connectivity index (χ2v) is 8.48. The van der Waals surface area contributed by atoms with Crippen molar-refractivity contribution in [1.29, 1.82) is 0 Å². The minimum atomic E-state index is -3.46. The highest BCUT2D eigenvalue weighted by molar-refractivity contribution is 7.91. The summed E-state index contributed by atoms with van der Waals surface area (Å²) in [6, 6.07) is 11.1. The molecule has 1 fully saturated rings. The Balaban J connectivity index is 1.86. The quantitative estimate of drug-likeness (QED) is 0.920. The van der Waals surface area contributed by atoms with E-state index in [1.54, 1.807) is 13.2 Å². The van der Waals surface area contributed by atoms with E-state index in [9.17, 15) is 8.42 Å². The number of benzene rings is 1. The molecule has 1 aliphatic carbocycles. The molecule has 21 heavy (non-hydrogen) atoms. The molecule has 4 nitrogen and oxygen atoms in total. The zero-order chi connectivity index (χ0) is 15.1. The smallest absolute Gasteiger partial charge is 0.250 e. The largest absolute Gasteiger partial charge is 0.497 e. The Morgan fingerprint density at radius 1 is 1.14 bits per heavy atom. The SMILES string of the molecule is COc1ccc(C2(NS(=O)(=O)c3ccc(C)s3)CC2)cc1. The van der Waals surface area contributed by atoms with E-state index in [4.69, 9.17) is 4.74 Å². The molecule has 1 heterocycles. The van der Waals surface area contributed by atoms with Crippen LogP contribution in [-0.4, -0.2) is 15.5 Å². The molecule has 112 valence electrons. The maximum absolute atomic E-state index is 12.5. The summed E-state index contributed by atoms with van der Waals surface area (Å²) in [5, 5.41) is 0. The third kappa shape index (κ3) is 2.84. The lowest BCUT2D eigenvalue weighted by atomic mass is 10.1. The maximum Gasteiger partial charge on any atom is 0.250 e. The summed E-state index contributed by atoms with van der Waals surface area (Å²) in [7, 11) is -1.85. The molecule has 3 rings (SSSR count). The van der Waals surface area contributed by atoms with Crippen LogP contribution in [0.15, 0.2) is 40.6 Å². The van der Waals surface area contributed by atoms with Gasteiger partial charge in [-0.2, -0.15) is 4.72 Å². The highest BCUT2D eigenvalue weighted by Gasteiger charge is 2.47. The van der Waals surface area contributed by atoms with Crippen molar-refractivity contribution < 1.29 is 13.2 Å². The predicted molar refractivity (Wildman–Crippen MR) is 83.3 cm³/mol. The molecule has 0 atom stereocenters. The second-order valence-electron chi connectivity index (χ2n) is 5.28. The van der Waals surface area contributed by atoms with E-state index in [0.29, 0.717) is 4.21 Å². The van der Waals surface area contributed by atoms with Gasteiger partial charge in [-0.1, -0.05) is 12.1 Å². The van der Waals surface area contributed by atoms with Gasteiger partial charge >= 0.3 is 0 Å². The zero-order valence-electron chi connectivity index (χ0n) is 11.9. The van der Waals surface area contributed by atoms with Gasteiger partial charge in [-0.25, -0.2) is 8.42 Å². The molecule has 0 amide bonds. The first kappa shape index (κ1) is 14.6. The topological polar surface area (TPSA) is 55.4 Å². The van der Waals surface area contributed by atoms with E-state index in [1.165, 1.54) is 11.3 Å². The summed E-state index contributed by atoms with van der Waals surface area (Å²) in [4.78, 5) is 0.990. The standard InChI is InChI=1S/C15H17NO3S2/c1-11-3-8-14(20-11)21(17,18)16-15(9-10-15)12-4-6-13(19-2)7-5-12/h3-8,16H,9-10H2,1-2H3. The first-order valence-corrected chi connectivity index (χ1v) is 9.00. The van der Waals surface area contributed by atoms with Crippen LogP contribution < -0.4 is 9.46 Å². The average molecular weight is 323 g/mol. The van der Waals surface area contributed by atoms with Gasteiger partial charge in [0.15, 0.2) is 0 Å². The Hall–Kier alpha value is -1.37. The summed E-state index contributed by atoms with van der Waals surface area (Å²) in [6.45, 7) is 1.90. The molecule has 1 aliphatic rings. The van der Waals surface area contributed by atoms with Crippen LogP contribution in [0.4, 0.5) is 0 Å². The van der Waals surface area contributed by atoms with E-state index < -0.39 is 15.6 Å². The van der Waals surface area contributed by atoms with Gasteiger partial charge in [-0.3, -0.25) is 0 Å². The summed E-state index contributed by atoms with van der Waals surface area (Å²) in [6.07, 6.45) is 1.64. The maximum atomic E-state index is 12.5. The van der Waals surface area contributed by atoms with Crippen LogP contribution in [0.5, 0.6) is 5.75 Å². The minimum absolute atomic E-state index is 0.375. The van der Waals surface area contributed by atoms with Gasteiger partial charge in [-0.05, 0) is 49.6 Å². The van der Waals surface area contributed by atoms with Crippen molar-refractivity contribution in [2.24, 2.45) is 0 Å². The second kappa shape index (κ2) is 5.12. The van der Waals surface area contributed by atoms with Crippen molar-refractivity contribution in [3.05, 3.63) is 46.8 Å². The molecule has 2 aromatic rings. The van der Waals surface area contributed by atoms with Gasteiger partial charge in [0, 0.05) is 4.88 Å². The Bertz CT molecular complexity index is 743. The van der Waals surface area contributed by atoms with Crippen LogP contribution in [0.1, 0.15) is 23.3 Å². The van der Waals surface area contributed by atoms with Gasteiger partial charge < -0.3 is 4.74 Å². The highest BCUT2D eigenvalue weighted by Crippen LogP contribution is 2.47. The van der Waals surface area contributed by atoms with Gasteiger partial charge in [-0.15, -0.1) is 11.3 Å². The molecule has 0 aliphatic heterocycles. The van der Waals surface area contributed by atoms with Crippen molar-refractivity contribution in [1.82, 2.24) is 4.72 Å². The van der Waals surface area contributed by atoms with Crippen LogP contribution in [-0.2, 0) is 15.6 Å². The number of methoxy groups -OCH3 is 1. The van der Waals surface area contributed by atoms with E-state index >= 15 is 0 Å². The zero-order valence-corrected chi connectivity index (χ0v) is 13.6. The lowest BCUT2D eigenvalue weighted by Gasteiger charge is -2.17. The van der Waals surface area contributed by atoms with Gasteiger partial charge in [0.05, 0.1) is 12.6 Å². The molecule has 0 radical (unpaired) electrons. The summed E-state index contributed by atoms with van der Waals surface area (Å²) >= 11 is 1.29. The first-order chi connectivity index (χ1) is 9.95. The summed E-state index contributed by atoms with van der Waals surface area (Å²) in [5.41, 5.74) is 0.531. The fraction of sp³-hybridized carbons (Fsp3) is 0.333. The number of thiophene rings is 1. The molecule has 0 saturated heterocycles. The molecular weight excluding hydrogens is 306 g/mol. The number of nitrogens with one attached hydrogen (secondary N) is 1. The lowest BCUT2D eigenvalue weighted by Crippen LogP contribution is -2.34. The summed E-state index contributed by atoms with van der Waals surface area (Å²) < 4.78 is 33.3.